The van der Waals surface area contributed by atoms with Crippen LogP contribution < -0.4 is 0 Å². The second-order valence-corrected chi connectivity index (χ2v) is 10.1. The van der Waals surface area contributed by atoms with Crippen LogP contribution in [0.4, 0.5) is 0 Å². The van der Waals surface area contributed by atoms with Crippen molar-refractivity contribution in [2.24, 2.45) is 0 Å². The molecule has 42 heavy (non-hydrogen) atoms. The second-order valence-electron chi connectivity index (χ2n) is 9.68. The quantitative estimate of drug-likeness (QED) is 0.0674. The maximum absolute atomic E-state index is 11.6. The van der Waals surface area contributed by atoms with Gasteiger partial charge in [0.15, 0.2) is 0 Å². The van der Waals surface area contributed by atoms with Gasteiger partial charge in [-0.25, -0.2) is 4.79 Å². The van der Waals surface area contributed by atoms with Gasteiger partial charge >= 0.3 is 5.97 Å². The minimum Gasteiger partial charge on any atom is -0.379 e. The summed E-state index contributed by atoms with van der Waals surface area (Å²) in [5, 5.41) is 0.489. The maximum Gasteiger partial charge on any atom is 0.358 e. The third kappa shape index (κ3) is 24.2. The minimum absolute atomic E-state index is 0.0504. The third-order valence-electron chi connectivity index (χ3n) is 6.10. The summed E-state index contributed by atoms with van der Waals surface area (Å²) < 4.78 is 37.9. The first-order valence-electron chi connectivity index (χ1n) is 15.4. The molecule has 0 bridgehead atoms. The van der Waals surface area contributed by atoms with E-state index in [1.807, 2.05) is 0 Å². The number of imide groups is 1. The Morgan fingerprint density at radius 3 is 1.24 bits per heavy atom. The van der Waals surface area contributed by atoms with Crippen molar-refractivity contribution in [1.29, 1.82) is 0 Å². The number of thiol groups is 1. The first kappa shape index (κ1) is 38.7. The van der Waals surface area contributed by atoms with E-state index in [1.54, 1.807) is 0 Å². The molecule has 2 amide bonds. The topological polar surface area (TPSA) is 128 Å². The summed E-state index contributed by atoms with van der Waals surface area (Å²) in [7, 11) is 0. The molecule has 0 aliphatic carbocycles. The van der Waals surface area contributed by atoms with Gasteiger partial charge < -0.3 is 38.0 Å². The fraction of sp³-hybridized carbons (Fsp3) is 0.897. The van der Waals surface area contributed by atoms with Gasteiger partial charge in [-0.2, -0.15) is 12.6 Å². The van der Waals surface area contributed by atoms with Crippen LogP contribution in [0, 0.1) is 0 Å². The summed E-state index contributed by atoms with van der Waals surface area (Å²) in [6.45, 7) is 5.78. The summed E-state index contributed by atoms with van der Waals surface area (Å²) in [6, 6.07) is 0. The minimum atomic E-state index is -0.810. The van der Waals surface area contributed by atoms with E-state index >= 15 is 0 Å². The highest BCUT2D eigenvalue weighted by Crippen LogP contribution is 2.12. The normalized spacial score (nSPS) is 13.4. The monoisotopic (exact) mass is 623 g/mol. The molecule has 13 heteroatoms. The lowest BCUT2D eigenvalue weighted by molar-refractivity contribution is -0.200. The van der Waals surface area contributed by atoms with Gasteiger partial charge in [0, 0.05) is 19.4 Å². The van der Waals surface area contributed by atoms with Crippen LogP contribution >= 0.6 is 12.6 Å². The van der Waals surface area contributed by atoms with E-state index in [-0.39, 0.29) is 32.7 Å². The van der Waals surface area contributed by atoms with Gasteiger partial charge in [-0.3, -0.25) is 9.59 Å². The van der Waals surface area contributed by atoms with Gasteiger partial charge in [0.1, 0.15) is 6.61 Å². The number of hydrogen-bond acceptors (Lipinski definition) is 12. The van der Waals surface area contributed by atoms with Crippen molar-refractivity contribution in [2.75, 3.05) is 98.2 Å². The van der Waals surface area contributed by atoms with E-state index in [0.717, 1.165) is 18.8 Å². The van der Waals surface area contributed by atoms with E-state index in [2.05, 4.69) is 17.5 Å². The molecule has 1 saturated heterocycles. The SMILES string of the molecule is O=C(COCCOCCOCCOCCOCCOCCOCCCCCCCCCCCS)ON1C(=O)CCC1=O. The number of nitrogens with zero attached hydrogens (tertiary/aromatic N) is 1. The molecule has 246 valence electrons. The molecule has 1 aliphatic heterocycles. The first-order chi connectivity index (χ1) is 20.6. The molecule has 1 aliphatic rings. The summed E-state index contributed by atoms with van der Waals surface area (Å²) in [5.41, 5.74) is 0. The van der Waals surface area contributed by atoms with E-state index < -0.39 is 17.8 Å². The number of carbonyl (C=O) groups excluding carboxylic acids is 3. The average Bonchev–Trinajstić information content (AvgIpc) is 3.30. The van der Waals surface area contributed by atoms with Crippen molar-refractivity contribution < 1.29 is 52.4 Å². The van der Waals surface area contributed by atoms with Crippen LogP contribution in [0.25, 0.3) is 0 Å². The van der Waals surface area contributed by atoms with Crippen LogP contribution in [-0.2, 0) is 52.4 Å². The van der Waals surface area contributed by atoms with Crippen LogP contribution in [-0.4, -0.2) is 121 Å². The molecular weight excluding hydrogens is 570 g/mol. The number of ether oxygens (including phenoxy) is 7. The predicted octanol–water partition coefficient (Wildman–Crippen LogP) is 3.15. The van der Waals surface area contributed by atoms with Gasteiger partial charge in [-0.1, -0.05) is 44.9 Å². The number of hydrogen-bond donors (Lipinski definition) is 1. The molecule has 12 nitrogen and oxygen atoms in total. The molecule has 0 aromatic heterocycles. The summed E-state index contributed by atoms with van der Waals surface area (Å²) in [6.07, 6.45) is 11.7. The Hall–Kier alpha value is -1.32. The standard InChI is InChI=1S/C29H53NO11S/c31-27-10-11-28(32)30(27)41-29(33)26-40-24-23-39-22-21-38-20-19-37-18-17-36-16-15-35-14-13-34-12-8-6-4-2-1-3-5-7-9-25-42/h42H,1-26H2. The van der Waals surface area contributed by atoms with E-state index in [1.165, 1.54) is 51.4 Å². The predicted molar refractivity (Wildman–Crippen MR) is 158 cm³/mol. The molecule has 0 unspecified atom stereocenters. The lowest BCUT2D eigenvalue weighted by Gasteiger charge is -2.12. The average molecular weight is 624 g/mol. The van der Waals surface area contributed by atoms with Crippen molar-refractivity contribution >= 4 is 30.4 Å². The number of rotatable bonds is 32. The van der Waals surface area contributed by atoms with E-state index in [0.29, 0.717) is 71.1 Å². The molecule has 0 saturated carbocycles. The van der Waals surface area contributed by atoms with Crippen LogP contribution in [0.15, 0.2) is 0 Å². The Balaban J connectivity index is 1.66. The zero-order valence-electron chi connectivity index (χ0n) is 25.3. The van der Waals surface area contributed by atoms with Crippen LogP contribution in [0.5, 0.6) is 0 Å². The van der Waals surface area contributed by atoms with Crippen LogP contribution in [0.2, 0.25) is 0 Å². The van der Waals surface area contributed by atoms with Crippen molar-refractivity contribution in [3.63, 3.8) is 0 Å². The van der Waals surface area contributed by atoms with Crippen LogP contribution in [0.3, 0.4) is 0 Å². The molecule has 1 rings (SSSR count). The molecule has 0 aromatic rings. The van der Waals surface area contributed by atoms with Crippen LogP contribution in [0.1, 0.15) is 70.6 Å². The summed E-state index contributed by atoms with van der Waals surface area (Å²) >= 11 is 4.24. The Bertz CT molecular complexity index is 655. The second kappa shape index (κ2) is 29.7. The Morgan fingerprint density at radius 2 is 0.833 bits per heavy atom. The maximum atomic E-state index is 11.6. The van der Waals surface area contributed by atoms with E-state index in [9.17, 15) is 14.4 Å². The number of unbranched alkanes of at least 4 members (excludes halogenated alkanes) is 8. The molecule has 1 heterocycles. The van der Waals surface area contributed by atoms with Gasteiger partial charge in [0.05, 0.1) is 79.3 Å². The van der Waals surface area contributed by atoms with Crippen molar-refractivity contribution in [2.45, 2.75) is 70.6 Å². The Morgan fingerprint density at radius 1 is 0.500 bits per heavy atom. The largest absolute Gasteiger partial charge is 0.379 e. The van der Waals surface area contributed by atoms with Gasteiger partial charge in [0.2, 0.25) is 0 Å². The highest BCUT2D eigenvalue weighted by molar-refractivity contribution is 7.80. The highest BCUT2D eigenvalue weighted by Gasteiger charge is 2.32. The molecular formula is C29H53NO11S. The molecule has 0 aromatic carbocycles. The molecule has 0 N–H and O–H groups in total. The molecule has 1 fully saturated rings. The Labute approximate surface area is 256 Å². The number of hydroxylamine groups is 2. The number of amides is 2. The third-order valence-corrected chi connectivity index (χ3v) is 6.41. The van der Waals surface area contributed by atoms with Gasteiger partial charge in [0.25, 0.3) is 11.8 Å². The van der Waals surface area contributed by atoms with Crippen molar-refractivity contribution in [3.05, 3.63) is 0 Å². The van der Waals surface area contributed by atoms with Crippen molar-refractivity contribution in [3.8, 4) is 0 Å². The molecule has 0 atom stereocenters. The van der Waals surface area contributed by atoms with Gasteiger partial charge in [-0.15, -0.1) is 5.06 Å². The fourth-order valence-electron chi connectivity index (χ4n) is 3.81. The lowest BCUT2D eigenvalue weighted by atomic mass is 10.1. The lowest BCUT2D eigenvalue weighted by Crippen LogP contribution is -2.33. The number of carbonyl (C=O) groups is 3. The highest BCUT2D eigenvalue weighted by atomic mass is 32.1. The fourth-order valence-corrected chi connectivity index (χ4v) is 4.04. The molecule has 0 spiro atoms. The zero-order valence-corrected chi connectivity index (χ0v) is 26.2. The van der Waals surface area contributed by atoms with Gasteiger partial charge in [-0.05, 0) is 18.6 Å². The summed E-state index contributed by atoms with van der Waals surface area (Å²) in [5.74, 6) is -0.852. The zero-order chi connectivity index (χ0) is 30.4. The molecule has 0 radical (unpaired) electrons. The van der Waals surface area contributed by atoms with Crippen molar-refractivity contribution in [1.82, 2.24) is 5.06 Å². The first-order valence-corrected chi connectivity index (χ1v) is 16.0. The summed E-state index contributed by atoms with van der Waals surface area (Å²) in [4.78, 5) is 39.0. The Kier molecular flexibility index (Phi) is 27.4. The van der Waals surface area contributed by atoms with E-state index in [4.69, 9.17) is 33.2 Å². The smallest absolute Gasteiger partial charge is 0.358 e.